The van der Waals surface area contributed by atoms with Crippen LogP contribution in [0.15, 0.2) is 209 Å². The highest BCUT2D eigenvalue weighted by molar-refractivity contribution is 6.19. The summed E-state index contributed by atoms with van der Waals surface area (Å²) in [7, 11) is 0. The fourth-order valence-electron chi connectivity index (χ4n) is 7.86. The lowest BCUT2D eigenvalue weighted by atomic mass is 9.94. The van der Waals surface area contributed by atoms with Gasteiger partial charge in [-0.2, -0.15) is 0 Å². The smallest absolute Gasteiger partial charge is 0.157 e. The topological polar surface area (TPSA) is 68.8 Å². The monoisotopic (exact) mass is 720 g/mol. The van der Waals surface area contributed by atoms with Crippen molar-refractivity contribution in [3.63, 3.8) is 0 Å². The summed E-state index contributed by atoms with van der Waals surface area (Å²) in [6.45, 7) is 0.466. The molecule has 0 unspecified atom stereocenters. The summed E-state index contributed by atoms with van der Waals surface area (Å²) in [5, 5.41) is 4.46. The molecule has 0 amide bonds. The average Bonchev–Trinajstić information content (AvgIpc) is 3.81. The van der Waals surface area contributed by atoms with E-state index < -0.39 is 0 Å². The Morgan fingerprint density at radius 3 is 1.95 bits per heavy atom. The number of benzene rings is 8. The van der Waals surface area contributed by atoms with Crippen LogP contribution in [0.3, 0.4) is 0 Å². The molecule has 0 bridgehead atoms. The van der Waals surface area contributed by atoms with Crippen molar-refractivity contribution < 1.29 is 4.42 Å². The zero-order chi connectivity index (χ0) is 37.4. The molecule has 0 atom stereocenters. The van der Waals surface area contributed by atoms with Crippen LogP contribution in [-0.2, 0) is 6.54 Å². The van der Waals surface area contributed by atoms with Crippen LogP contribution in [0.2, 0.25) is 0 Å². The molecule has 0 saturated heterocycles. The van der Waals surface area contributed by atoms with Gasteiger partial charge in [-0.1, -0.05) is 152 Å². The second-order valence-electron chi connectivity index (χ2n) is 14.0. The van der Waals surface area contributed by atoms with Crippen molar-refractivity contribution in [3.05, 3.63) is 211 Å². The molecule has 0 saturated carbocycles. The number of nitrogens with zero attached hydrogens (tertiary/aromatic N) is 3. The van der Waals surface area contributed by atoms with Crippen LogP contribution in [0.4, 0.5) is 0 Å². The van der Waals surface area contributed by atoms with Crippen LogP contribution in [0.25, 0.3) is 71.7 Å². The van der Waals surface area contributed by atoms with E-state index in [0.29, 0.717) is 18.2 Å². The van der Waals surface area contributed by atoms with E-state index in [1.165, 1.54) is 27.5 Å². The third-order valence-corrected chi connectivity index (χ3v) is 10.5. The Morgan fingerprint density at radius 2 is 1.18 bits per heavy atom. The van der Waals surface area contributed by atoms with Crippen LogP contribution in [0.1, 0.15) is 16.7 Å². The van der Waals surface area contributed by atoms with Gasteiger partial charge in [-0.25, -0.2) is 4.99 Å². The van der Waals surface area contributed by atoms with Crippen molar-refractivity contribution in [2.45, 2.75) is 6.54 Å². The molecule has 2 heterocycles. The SMILES string of the molecule is NC(=NC(=NCc1ccccc1)c1ccc2c(c1)oc1cccc(-n3c4ccccc4c4c(-c5ccccc5)cc(-c5ccccc5)cc43)c12)c1ccccc1. The molecular formula is C51H36N4O. The van der Waals surface area contributed by atoms with Crippen molar-refractivity contribution in [2.24, 2.45) is 15.7 Å². The molecule has 0 aliphatic carbocycles. The van der Waals surface area contributed by atoms with Gasteiger partial charge in [0.1, 0.15) is 17.0 Å². The summed E-state index contributed by atoms with van der Waals surface area (Å²) in [6.07, 6.45) is 0. The van der Waals surface area contributed by atoms with Gasteiger partial charge in [-0.3, -0.25) is 4.99 Å². The predicted octanol–water partition coefficient (Wildman–Crippen LogP) is 12.4. The van der Waals surface area contributed by atoms with E-state index in [9.17, 15) is 0 Å². The normalized spacial score (nSPS) is 12.3. The van der Waals surface area contributed by atoms with Crippen molar-refractivity contribution >= 4 is 55.4 Å². The summed E-state index contributed by atoms with van der Waals surface area (Å²) in [4.78, 5) is 9.87. The minimum Gasteiger partial charge on any atom is -0.456 e. The van der Waals surface area contributed by atoms with Crippen molar-refractivity contribution in [1.82, 2.24) is 4.57 Å². The molecule has 10 aromatic rings. The second kappa shape index (κ2) is 14.0. The van der Waals surface area contributed by atoms with Gasteiger partial charge in [-0.05, 0) is 70.3 Å². The van der Waals surface area contributed by atoms with E-state index in [1.807, 2.05) is 60.7 Å². The lowest BCUT2D eigenvalue weighted by Crippen LogP contribution is -2.16. The zero-order valence-electron chi connectivity index (χ0n) is 30.5. The van der Waals surface area contributed by atoms with Gasteiger partial charge in [0.25, 0.3) is 0 Å². The molecule has 8 aromatic carbocycles. The summed E-state index contributed by atoms with van der Waals surface area (Å²) in [5.41, 5.74) is 18.9. The molecule has 0 aliphatic rings. The predicted molar refractivity (Wildman–Crippen MR) is 233 cm³/mol. The van der Waals surface area contributed by atoms with E-state index in [2.05, 4.69) is 138 Å². The lowest BCUT2D eigenvalue weighted by Gasteiger charge is -2.13. The van der Waals surface area contributed by atoms with E-state index in [4.69, 9.17) is 20.1 Å². The number of fused-ring (bicyclic) bond motifs is 6. The highest BCUT2D eigenvalue weighted by Crippen LogP contribution is 2.43. The van der Waals surface area contributed by atoms with Crippen molar-refractivity contribution in [1.29, 1.82) is 0 Å². The summed E-state index contributed by atoms with van der Waals surface area (Å²) >= 11 is 0. The van der Waals surface area contributed by atoms with Gasteiger partial charge in [0.2, 0.25) is 0 Å². The largest absolute Gasteiger partial charge is 0.456 e. The van der Waals surface area contributed by atoms with Gasteiger partial charge in [-0.15, -0.1) is 0 Å². The quantitative estimate of drug-likeness (QED) is 0.132. The Hall–Kier alpha value is -7.50. The number of furan rings is 1. The summed E-state index contributed by atoms with van der Waals surface area (Å²) in [6, 6.07) is 67.3. The van der Waals surface area contributed by atoms with Crippen LogP contribution in [-0.4, -0.2) is 16.2 Å². The maximum atomic E-state index is 6.70. The van der Waals surface area contributed by atoms with Gasteiger partial charge in [0.15, 0.2) is 5.84 Å². The Labute approximate surface area is 324 Å². The second-order valence-corrected chi connectivity index (χ2v) is 14.0. The highest BCUT2D eigenvalue weighted by atomic mass is 16.3. The van der Waals surface area contributed by atoms with Gasteiger partial charge >= 0.3 is 0 Å². The summed E-state index contributed by atoms with van der Waals surface area (Å²) in [5.74, 6) is 0.947. The Balaban J connectivity index is 1.19. The first-order chi connectivity index (χ1) is 27.7. The average molecular weight is 721 g/mol. The van der Waals surface area contributed by atoms with Gasteiger partial charge in [0.05, 0.1) is 28.7 Å². The maximum Gasteiger partial charge on any atom is 0.157 e. The van der Waals surface area contributed by atoms with E-state index >= 15 is 0 Å². The van der Waals surface area contributed by atoms with Gasteiger partial charge in [0, 0.05) is 27.3 Å². The third kappa shape index (κ3) is 5.92. The molecule has 2 aromatic heterocycles. The number of aliphatic imine (C=N–C) groups is 2. The molecule has 0 fully saturated rings. The number of hydrogen-bond acceptors (Lipinski definition) is 2. The minimum atomic E-state index is 0.403. The Morgan fingerprint density at radius 1 is 0.500 bits per heavy atom. The fraction of sp³-hybridized carbons (Fsp3) is 0.0196. The van der Waals surface area contributed by atoms with Crippen LogP contribution in [0.5, 0.6) is 0 Å². The highest BCUT2D eigenvalue weighted by Gasteiger charge is 2.21. The molecule has 0 spiro atoms. The molecular weight excluding hydrogens is 685 g/mol. The molecule has 0 radical (unpaired) electrons. The Kier molecular flexibility index (Phi) is 8.30. The summed E-state index contributed by atoms with van der Waals surface area (Å²) < 4.78 is 9.11. The first-order valence-corrected chi connectivity index (χ1v) is 18.8. The number of nitrogens with two attached hydrogens (primary N) is 1. The first-order valence-electron chi connectivity index (χ1n) is 18.8. The number of para-hydroxylation sites is 1. The van der Waals surface area contributed by atoms with Crippen LogP contribution in [0, 0.1) is 0 Å². The molecule has 5 heteroatoms. The van der Waals surface area contributed by atoms with E-state index in [1.54, 1.807) is 0 Å². The first kappa shape index (κ1) is 33.1. The number of rotatable bonds is 7. The molecule has 56 heavy (non-hydrogen) atoms. The van der Waals surface area contributed by atoms with Crippen molar-refractivity contribution in [3.8, 4) is 27.9 Å². The molecule has 2 N–H and O–H groups in total. The standard InChI is InChI=1S/C51H36N4O/c52-50(37-22-11-4-12-23-37)54-51(53-33-34-16-5-1-6-17-34)38-28-29-41-47(32-38)56-46-27-15-26-44(49(41)46)55-43-25-14-13-24-40(43)48-42(36-20-9-3-10-21-36)30-39(31-45(48)55)35-18-7-2-8-19-35/h1-32H,33H2,(H2,52,53,54). The maximum absolute atomic E-state index is 6.70. The minimum absolute atomic E-state index is 0.403. The van der Waals surface area contributed by atoms with Crippen molar-refractivity contribution in [2.75, 3.05) is 0 Å². The molecule has 5 nitrogen and oxygen atoms in total. The lowest BCUT2D eigenvalue weighted by molar-refractivity contribution is 0.668. The van der Waals surface area contributed by atoms with Gasteiger partial charge < -0.3 is 14.7 Å². The zero-order valence-corrected chi connectivity index (χ0v) is 30.5. The molecule has 0 aliphatic heterocycles. The molecule has 266 valence electrons. The Bertz CT molecular complexity index is 3090. The van der Waals surface area contributed by atoms with E-state index in [-0.39, 0.29) is 0 Å². The fourth-order valence-corrected chi connectivity index (χ4v) is 7.86. The third-order valence-electron chi connectivity index (χ3n) is 10.5. The van der Waals surface area contributed by atoms with Crippen LogP contribution >= 0.6 is 0 Å². The molecule has 10 rings (SSSR count). The number of aromatic nitrogens is 1. The number of hydrogen-bond donors (Lipinski definition) is 1. The van der Waals surface area contributed by atoms with Crippen LogP contribution < -0.4 is 5.73 Å². The number of amidine groups is 2. The van der Waals surface area contributed by atoms with E-state index in [0.717, 1.165) is 60.9 Å².